The highest BCUT2D eigenvalue weighted by atomic mass is 16.5. The predicted octanol–water partition coefficient (Wildman–Crippen LogP) is 6.13. The van der Waals surface area contributed by atoms with E-state index < -0.39 is 0 Å². The van der Waals surface area contributed by atoms with Gasteiger partial charge in [-0.3, -0.25) is 4.98 Å². The molecule has 0 unspecified atom stereocenters. The molecular formula is C26H20N2O2. The molecule has 4 heteroatoms. The first kappa shape index (κ1) is 18.1. The third-order valence-corrected chi connectivity index (χ3v) is 5.32. The minimum absolute atomic E-state index is 0.817. The summed E-state index contributed by atoms with van der Waals surface area (Å²) in [6.45, 7) is 0. The maximum absolute atomic E-state index is 5.33. The van der Waals surface area contributed by atoms with Crippen LogP contribution < -0.4 is 9.47 Å². The van der Waals surface area contributed by atoms with E-state index in [2.05, 4.69) is 41.4 Å². The molecule has 2 heterocycles. The first-order chi connectivity index (χ1) is 14.8. The van der Waals surface area contributed by atoms with Crippen molar-refractivity contribution in [2.24, 2.45) is 0 Å². The van der Waals surface area contributed by atoms with E-state index >= 15 is 0 Å². The zero-order chi connectivity index (χ0) is 20.5. The number of aromatic nitrogens is 2. The molecule has 2 aromatic heterocycles. The van der Waals surface area contributed by atoms with Gasteiger partial charge in [0, 0.05) is 28.1 Å². The van der Waals surface area contributed by atoms with Crippen molar-refractivity contribution in [3.05, 3.63) is 85.1 Å². The summed E-state index contributed by atoms with van der Waals surface area (Å²) in [7, 11) is 3.34. The molecule has 0 aliphatic rings. The lowest BCUT2D eigenvalue weighted by molar-refractivity contribution is 0.414. The molecule has 0 N–H and O–H groups in total. The fourth-order valence-electron chi connectivity index (χ4n) is 3.73. The minimum atomic E-state index is 0.817. The number of fused-ring (bicyclic) bond motifs is 3. The Labute approximate surface area is 174 Å². The molecule has 3 aromatic carbocycles. The normalized spacial score (nSPS) is 11.0. The van der Waals surface area contributed by atoms with Crippen molar-refractivity contribution in [1.29, 1.82) is 0 Å². The molecular weight excluding hydrogens is 372 g/mol. The van der Waals surface area contributed by atoms with Gasteiger partial charge in [0.1, 0.15) is 11.5 Å². The Balaban J connectivity index is 1.80. The average Bonchev–Trinajstić information content (AvgIpc) is 2.83. The van der Waals surface area contributed by atoms with Gasteiger partial charge in [0.2, 0.25) is 0 Å². The number of ether oxygens (including phenoxy) is 2. The Morgan fingerprint density at radius 2 is 1.27 bits per heavy atom. The van der Waals surface area contributed by atoms with Gasteiger partial charge in [-0.25, -0.2) is 4.98 Å². The fraction of sp³-hybridized carbons (Fsp3) is 0.0769. The van der Waals surface area contributed by atoms with E-state index in [0.717, 1.165) is 55.7 Å². The highest BCUT2D eigenvalue weighted by molar-refractivity contribution is 6.05. The number of rotatable bonds is 4. The van der Waals surface area contributed by atoms with Gasteiger partial charge in [-0.2, -0.15) is 0 Å². The SMILES string of the molecule is COc1ccc(-c2cc3ccc4cccnc4c3nc2-c2ccc(OC)cc2)cc1. The van der Waals surface area contributed by atoms with Gasteiger partial charge < -0.3 is 9.47 Å². The van der Waals surface area contributed by atoms with Gasteiger partial charge >= 0.3 is 0 Å². The topological polar surface area (TPSA) is 44.2 Å². The summed E-state index contributed by atoms with van der Waals surface area (Å²) >= 11 is 0. The molecule has 0 radical (unpaired) electrons. The Hall–Kier alpha value is -3.92. The zero-order valence-corrected chi connectivity index (χ0v) is 16.8. The van der Waals surface area contributed by atoms with Crippen molar-refractivity contribution in [2.45, 2.75) is 0 Å². The van der Waals surface area contributed by atoms with Gasteiger partial charge in [0.25, 0.3) is 0 Å². The van der Waals surface area contributed by atoms with Gasteiger partial charge in [-0.05, 0) is 54.1 Å². The molecule has 0 saturated heterocycles. The van der Waals surface area contributed by atoms with Crippen LogP contribution in [0.15, 0.2) is 85.1 Å². The zero-order valence-electron chi connectivity index (χ0n) is 16.8. The summed E-state index contributed by atoms with van der Waals surface area (Å²) in [4.78, 5) is 9.71. The van der Waals surface area contributed by atoms with Crippen molar-refractivity contribution < 1.29 is 9.47 Å². The van der Waals surface area contributed by atoms with Crippen LogP contribution in [0.25, 0.3) is 44.2 Å². The van der Waals surface area contributed by atoms with Gasteiger partial charge in [-0.1, -0.05) is 30.3 Å². The average molecular weight is 392 g/mol. The van der Waals surface area contributed by atoms with Crippen LogP contribution in [0.2, 0.25) is 0 Å². The molecule has 0 atom stereocenters. The highest BCUT2D eigenvalue weighted by Crippen LogP contribution is 2.36. The van der Waals surface area contributed by atoms with Crippen molar-refractivity contribution in [2.75, 3.05) is 14.2 Å². The van der Waals surface area contributed by atoms with Crippen molar-refractivity contribution >= 4 is 21.8 Å². The van der Waals surface area contributed by atoms with E-state index in [-0.39, 0.29) is 0 Å². The molecule has 5 aromatic rings. The monoisotopic (exact) mass is 392 g/mol. The van der Waals surface area contributed by atoms with Gasteiger partial charge in [0.05, 0.1) is 30.9 Å². The van der Waals surface area contributed by atoms with Crippen molar-refractivity contribution in [3.63, 3.8) is 0 Å². The smallest absolute Gasteiger partial charge is 0.118 e. The molecule has 0 spiro atoms. The summed E-state index contributed by atoms with van der Waals surface area (Å²) in [5.41, 5.74) is 5.88. The molecule has 5 rings (SSSR count). The van der Waals surface area contributed by atoms with E-state index in [0.29, 0.717) is 0 Å². The van der Waals surface area contributed by atoms with Crippen molar-refractivity contribution in [3.8, 4) is 33.9 Å². The van der Waals surface area contributed by atoms with E-state index in [4.69, 9.17) is 14.5 Å². The second-order valence-corrected chi connectivity index (χ2v) is 7.05. The number of pyridine rings is 2. The van der Waals surface area contributed by atoms with Crippen LogP contribution in [0.5, 0.6) is 11.5 Å². The predicted molar refractivity (Wildman–Crippen MR) is 121 cm³/mol. The van der Waals surface area contributed by atoms with Crippen LogP contribution in [-0.2, 0) is 0 Å². The molecule has 146 valence electrons. The second-order valence-electron chi connectivity index (χ2n) is 7.05. The summed E-state index contributed by atoms with van der Waals surface area (Å²) in [6, 6.07) is 26.5. The number of hydrogen-bond donors (Lipinski definition) is 0. The maximum Gasteiger partial charge on any atom is 0.118 e. The number of hydrogen-bond acceptors (Lipinski definition) is 4. The Kier molecular flexibility index (Phi) is 4.52. The molecule has 0 bridgehead atoms. The Morgan fingerprint density at radius 1 is 0.633 bits per heavy atom. The highest BCUT2D eigenvalue weighted by Gasteiger charge is 2.14. The third-order valence-electron chi connectivity index (χ3n) is 5.32. The number of methoxy groups -OCH3 is 2. The molecule has 4 nitrogen and oxygen atoms in total. The third kappa shape index (κ3) is 3.12. The summed E-state index contributed by atoms with van der Waals surface area (Å²) in [5, 5.41) is 2.14. The quantitative estimate of drug-likeness (QED) is 0.345. The first-order valence-corrected chi connectivity index (χ1v) is 9.74. The molecule has 0 saturated carbocycles. The van der Waals surface area contributed by atoms with E-state index in [9.17, 15) is 0 Å². The number of nitrogens with zero attached hydrogens (tertiary/aromatic N) is 2. The van der Waals surface area contributed by atoms with Crippen LogP contribution in [0.3, 0.4) is 0 Å². The Bertz CT molecular complexity index is 1340. The maximum atomic E-state index is 5.33. The molecule has 0 amide bonds. The van der Waals surface area contributed by atoms with Crippen molar-refractivity contribution in [1.82, 2.24) is 9.97 Å². The lowest BCUT2D eigenvalue weighted by atomic mass is 9.96. The standard InChI is InChI=1S/C26H20N2O2/c1-29-21-11-7-17(8-12-21)23-16-20-6-5-18-4-3-15-27-25(18)26(20)28-24(23)19-9-13-22(30-2)14-10-19/h3-16H,1-2H3. The van der Waals surface area contributed by atoms with Gasteiger partial charge in [-0.15, -0.1) is 0 Å². The van der Waals surface area contributed by atoms with E-state index in [1.54, 1.807) is 14.2 Å². The molecule has 30 heavy (non-hydrogen) atoms. The van der Waals surface area contributed by atoms with E-state index in [1.165, 1.54) is 0 Å². The van der Waals surface area contributed by atoms with Gasteiger partial charge in [0.15, 0.2) is 0 Å². The fourth-order valence-corrected chi connectivity index (χ4v) is 3.73. The van der Waals surface area contributed by atoms with E-state index in [1.807, 2.05) is 48.7 Å². The molecule has 0 aliphatic carbocycles. The van der Waals surface area contributed by atoms with Crippen LogP contribution in [0, 0.1) is 0 Å². The summed E-state index contributed by atoms with van der Waals surface area (Å²) in [5.74, 6) is 1.64. The summed E-state index contributed by atoms with van der Waals surface area (Å²) < 4.78 is 10.7. The summed E-state index contributed by atoms with van der Waals surface area (Å²) in [6.07, 6.45) is 1.81. The van der Waals surface area contributed by atoms with Crippen LogP contribution in [0.4, 0.5) is 0 Å². The second kappa shape index (κ2) is 7.48. The Morgan fingerprint density at radius 3 is 1.93 bits per heavy atom. The molecule has 0 fully saturated rings. The van der Waals surface area contributed by atoms with Crippen LogP contribution in [0.1, 0.15) is 0 Å². The lowest BCUT2D eigenvalue weighted by Gasteiger charge is -2.13. The lowest BCUT2D eigenvalue weighted by Crippen LogP contribution is -1.94. The van der Waals surface area contributed by atoms with Crippen LogP contribution in [-0.4, -0.2) is 24.2 Å². The molecule has 0 aliphatic heterocycles. The van der Waals surface area contributed by atoms with Crippen LogP contribution >= 0.6 is 0 Å². The first-order valence-electron chi connectivity index (χ1n) is 9.74. The largest absolute Gasteiger partial charge is 0.497 e. The number of benzene rings is 3. The minimum Gasteiger partial charge on any atom is -0.497 e.